The number of hydrogen-bond donors (Lipinski definition) is 2. The van der Waals surface area contributed by atoms with Crippen molar-refractivity contribution >= 4 is 0 Å². The van der Waals surface area contributed by atoms with E-state index in [0.717, 1.165) is 24.2 Å². The van der Waals surface area contributed by atoms with Crippen molar-refractivity contribution in [1.82, 2.24) is 19.7 Å². The molecule has 5 heteroatoms. The van der Waals surface area contributed by atoms with E-state index < -0.39 is 6.10 Å². The third kappa shape index (κ3) is 1.86. The first-order valence-electron chi connectivity index (χ1n) is 5.43. The van der Waals surface area contributed by atoms with Crippen LogP contribution in [-0.2, 0) is 6.54 Å². The molecule has 16 heavy (non-hydrogen) atoms. The van der Waals surface area contributed by atoms with Crippen molar-refractivity contribution in [2.45, 2.75) is 32.9 Å². The lowest BCUT2D eigenvalue weighted by Gasteiger charge is -2.12. The Morgan fingerprint density at radius 1 is 1.56 bits per heavy atom. The van der Waals surface area contributed by atoms with E-state index in [2.05, 4.69) is 22.1 Å². The predicted molar refractivity (Wildman–Crippen MR) is 59.9 cm³/mol. The van der Waals surface area contributed by atoms with E-state index in [-0.39, 0.29) is 0 Å². The highest BCUT2D eigenvalue weighted by Crippen LogP contribution is 2.22. The topological polar surface area (TPSA) is 66.7 Å². The van der Waals surface area contributed by atoms with E-state index in [9.17, 15) is 5.11 Å². The normalized spacial score (nSPS) is 12.9. The number of rotatable bonds is 4. The second-order valence-corrected chi connectivity index (χ2v) is 3.83. The van der Waals surface area contributed by atoms with Crippen LogP contribution in [-0.4, -0.2) is 24.9 Å². The molecule has 2 rings (SSSR count). The Morgan fingerprint density at radius 2 is 2.38 bits per heavy atom. The summed E-state index contributed by atoms with van der Waals surface area (Å²) < 4.78 is 1.97. The Morgan fingerprint density at radius 3 is 3.00 bits per heavy atom. The Labute approximate surface area is 94.1 Å². The van der Waals surface area contributed by atoms with Crippen LogP contribution in [0.1, 0.15) is 36.5 Å². The second-order valence-electron chi connectivity index (χ2n) is 3.83. The summed E-state index contributed by atoms with van der Waals surface area (Å²) in [6.45, 7) is 4.85. The van der Waals surface area contributed by atoms with Crippen LogP contribution in [0.15, 0.2) is 18.6 Å². The van der Waals surface area contributed by atoms with E-state index in [0.29, 0.717) is 5.82 Å². The Balaban J connectivity index is 2.30. The number of aryl methyl sites for hydroxylation is 2. The van der Waals surface area contributed by atoms with Crippen LogP contribution in [0.5, 0.6) is 0 Å². The van der Waals surface area contributed by atoms with Gasteiger partial charge in [0.05, 0.1) is 6.20 Å². The van der Waals surface area contributed by atoms with Crippen LogP contribution in [0.25, 0.3) is 0 Å². The minimum Gasteiger partial charge on any atom is -0.380 e. The molecule has 5 nitrogen and oxygen atoms in total. The monoisotopic (exact) mass is 220 g/mol. The summed E-state index contributed by atoms with van der Waals surface area (Å²) in [4.78, 5) is 4.20. The quantitative estimate of drug-likeness (QED) is 0.818. The summed E-state index contributed by atoms with van der Waals surface area (Å²) in [6, 6.07) is 0. The number of aliphatic hydroxyl groups excluding tert-OH is 1. The number of aromatic nitrogens is 4. The largest absolute Gasteiger partial charge is 0.380 e. The van der Waals surface area contributed by atoms with Crippen molar-refractivity contribution in [2.75, 3.05) is 0 Å². The zero-order valence-corrected chi connectivity index (χ0v) is 9.51. The molecular formula is C11H16N4O. The molecule has 2 aromatic rings. The number of hydrogen-bond acceptors (Lipinski definition) is 3. The van der Waals surface area contributed by atoms with Crippen molar-refractivity contribution < 1.29 is 5.11 Å². The zero-order valence-electron chi connectivity index (χ0n) is 9.51. The van der Waals surface area contributed by atoms with E-state index >= 15 is 0 Å². The molecule has 0 fully saturated rings. The maximum Gasteiger partial charge on any atom is 0.142 e. The molecule has 0 aliphatic rings. The first-order valence-corrected chi connectivity index (χ1v) is 5.43. The van der Waals surface area contributed by atoms with E-state index in [1.807, 2.05) is 17.7 Å². The lowest BCUT2D eigenvalue weighted by atomic mass is 10.1. The molecule has 0 aliphatic heterocycles. The SMILES string of the molecule is CCCn1ccnc1C(O)c1cn[nH]c1C. The molecule has 0 saturated carbocycles. The van der Waals surface area contributed by atoms with Crippen molar-refractivity contribution in [2.24, 2.45) is 0 Å². The molecule has 0 aliphatic carbocycles. The van der Waals surface area contributed by atoms with E-state index in [1.165, 1.54) is 0 Å². The molecule has 0 bridgehead atoms. The molecular weight excluding hydrogens is 204 g/mol. The lowest BCUT2D eigenvalue weighted by Crippen LogP contribution is -2.10. The lowest BCUT2D eigenvalue weighted by molar-refractivity contribution is 0.203. The van der Waals surface area contributed by atoms with Crippen LogP contribution in [0.3, 0.4) is 0 Å². The van der Waals surface area contributed by atoms with Crippen LogP contribution >= 0.6 is 0 Å². The molecule has 0 aromatic carbocycles. The molecule has 86 valence electrons. The summed E-state index contributed by atoms with van der Waals surface area (Å²) in [6.07, 6.45) is 5.55. The molecule has 0 amide bonds. The average Bonchev–Trinajstić information content (AvgIpc) is 2.87. The van der Waals surface area contributed by atoms with Crippen molar-refractivity contribution in [1.29, 1.82) is 0 Å². The van der Waals surface area contributed by atoms with Gasteiger partial charge in [-0.15, -0.1) is 0 Å². The van der Waals surface area contributed by atoms with E-state index in [4.69, 9.17) is 0 Å². The van der Waals surface area contributed by atoms with Crippen molar-refractivity contribution in [3.05, 3.63) is 35.7 Å². The van der Waals surface area contributed by atoms with Gasteiger partial charge in [-0.2, -0.15) is 5.10 Å². The summed E-state index contributed by atoms with van der Waals surface area (Å²) in [5.41, 5.74) is 1.65. The smallest absolute Gasteiger partial charge is 0.142 e. The molecule has 0 saturated heterocycles. The minimum absolute atomic E-state index is 0.673. The summed E-state index contributed by atoms with van der Waals surface area (Å²) in [5.74, 6) is 0.673. The average molecular weight is 220 g/mol. The van der Waals surface area contributed by atoms with Gasteiger partial charge in [-0.05, 0) is 13.3 Å². The van der Waals surface area contributed by atoms with Gasteiger partial charge in [-0.1, -0.05) is 6.92 Å². The van der Waals surface area contributed by atoms with Crippen LogP contribution in [0.4, 0.5) is 0 Å². The van der Waals surface area contributed by atoms with Crippen molar-refractivity contribution in [3.8, 4) is 0 Å². The van der Waals surface area contributed by atoms with Gasteiger partial charge in [0.25, 0.3) is 0 Å². The van der Waals surface area contributed by atoms with E-state index in [1.54, 1.807) is 12.4 Å². The second kappa shape index (κ2) is 4.49. The fourth-order valence-electron chi connectivity index (χ4n) is 1.77. The highest BCUT2D eigenvalue weighted by atomic mass is 16.3. The standard InChI is InChI=1S/C11H16N4O/c1-3-5-15-6-4-12-11(15)10(16)9-7-13-14-8(9)2/h4,6-7,10,16H,3,5H2,1-2H3,(H,13,14). The molecule has 1 atom stereocenters. The number of aliphatic hydroxyl groups is 1. The van der Waals surface area contributed by atoms with Gasteiger partial charge >= 0.3 is 0 Å². The fourth-order valence-corrected chi connectivity index (χ4v) is 1.77. The summed E-state index contributed by atoms with van der Waals surface area (Å²) in [5, 5.41) is 16.9. The number of nitrogens with zero attached hydrogens (tertiary/aromatic N) is 3. The van der Waals surface area contributed by atoms with Gasteiger partial charge in [0.2, 0.25) is 0 Å². The summed E-state index contributed by atoms with van der Waals surface area (Å²) >= 11 is 0. The maximum atomic E-state index is 10.2. The molecule has 2 N–H and O–H groups in total. The minimum atomic E-state index is -0.708. The molecule has 1 unspecified atom stereocenters. The van der Waals surface area contributed by atoms with Gasteiger partial charge in [0.1, 0.15) is 11.9 Å². The summed E-state index contributed by atoms with van der Waals surface area (Å²) in [7, 11) is 0. The predicted octanol–water partition coefficient (Wildman–Crippen LogP) is 1.41. The number of imidazole rings is 1. The Hall–Kier alpha value is -1.62. The van der Waals surface area contributed by atoms with Crippen LogP contribution < -0.4 is 0 Å². The first-order chi connectivity index (χ1) is 7.74. The Bertz CT molecular complexity index is 460. The third-order valence-corrected chi connectivity index (χ3v) is 2.62. The fraction of sp³-hybridized carbons (Fsp3) is 0.455. The molecule has 0 radical (unpaired) electrons. The van der Waals surface area contributed by atoms with Gasteiger partial charge in [0, 0.05) is 30.2 Å². The molecule has 2 aromatic heterocycles. The van der Waals surface area contributed by atoms with Gasteiger partial charge in [0.15, 0.2) is 0 Å². The first kappa shape index (κ1) is 10.9. The zero-order chi connectivity index (χ0) is 11.5. The number of H-pyrrole nitrogens is 1. The Kier molecular flexibility index (Phi) is 3.05. The molecule has 2 heterocycles. The highest BCUT2D eigenvalue weighted by molar-refractivity contribution is 5.23. The highest BCUT2D eigenvalue weighted by Gasteiger charge is 2.18. The van der Waals surface area contributed by atoms with Gasteiger partial charge < -0.3 is 9.67 Å². The number of nitrogens with one attached hydrogen (secondary N) is 1. The van der Waals surface area contributed by atoms with Gasteiger partial charge in [-0.25, -0.2) is 4.98 Å². The molecule has 0 spiro atoms. The van der Waals surface area contributed by atoms with Crippen LogP contribution in [0, 0.1) is 6.92 Å². The van der Waals surface area contributed by atoms with Gasteiger partial charge in [-0.3, -0.25) is 5.10 Å². The number of aromatic amines is 1. The maximum absolute atomic E-state index is 10.2. The van der Waals surface area contributed by atoms with Crippen LogP contribution in [0.2, 0.25) is 0 Å². The van der Waals surface area contributed by atoms with Crippen molar-refractivity contribution in [3.63, 3.8) is 0 Å². The third-order valence-electron chi connectivity index (χ3n) is 2.62.